The summed E-state index contributed by atoms with van der Waals surface area (Å²) in [6, 6.07) is 18.1. The maximum Gasteiger partial charge on any atom is 0.255 e. The van der Waals surface area contributed by atoms with Crippen molar-refractivity contribution >= 4 is 44.3 Å². The highest BCUT2D eigenvalue weighted by atomic mass is 32.2. The van der Waals surface area contributed by atoms with E-state index in [2.05, 4.69) is 5.32 Å². The molecule has 6 heteroatoms. The van der Waals surface area contributed by atoms with Crippen LogP contribution in [0.4, 0.5) is 5.69 Å². The van der Waals surface area contributed by atoms with Crippen LogP contribution in [0.15, 0.2) is 70.0 Å². The van der Waals surface area contributed by atoms with Crippen molar-refractivity contribution in [2.75, 3.05) is 18.7 Å². The van der Waals surface area contributed by atoms with Crippen LogP contribution >= 0.6 is 0 Å². The van der Waals surface area contributed by atoms with Crippen molar-refractivity contribution in [3.05, 3.63) is 66.2 Å². The summed E-state index contributed by atoms with van der Waals surface area (Å²) < 4.78 is 22.8. The van der Waals surface area contributed by atoms with Gasteiger partial charge in [-0.15, -0.1) is 0 Å². The average molecular weight is 379 g/mol. The van der Waals surface area contributed by atoms with E-state index in [0.717, 1.165) is 16.4 Å². The van der Waals surface area contributed by atoms with Gasteiger partial charge in [0.2, 0.25) is 0 Å². The Morgan fingerprint density at radius 2 is 1.74 bits per heavy atom. The molecule has 0 fully saturated rings. The van der Waals surface area contributed by atoms with E-state index in [1.807, 2.05) is 30.3 Å². The zero-order valence-electron chi connectivity index (χ0n) is 14.8. The third-order valence-electron chi connectivity index (χ3n) is 4.40. The molecule has 0 bridgehead atoms. The van der Waals surface area contributed by atoms with Crippen LogP contribution in [0.1, 0.15) is 10.4 Å². The summed E-state index contributed by atoms with van der Waals surface area (Å²) >= 11 is 0. The summed E-state index contributed by atoms with van der Waals surface area (Å²) in [5, 5.41) is 4.78. The van der Waals surface area contributed by atoms with Crippen molar-refractivity contribution in [3.8, 4) is 5.75 Å². The van der Waals surface area contributed by atoms with Crippen LogP contribution in [-0.4, -0.2) is 23.5 Å². The van der Waals surface area contributed by atoms with Crippen molar-refractivity contribution in [3.63, 3.8) is 0 Å². The van der Waals surface area contributed by atoms with Gasteiger partial charge in [-0.05, 0) is 36.4 Å². The standard InChI is InChI=1S/C21H17NO4S/c1-25-20-11-16-15-5-3-4-6-18(15)26-19(16)12-17(20)22-21(23)13-7-9-14(10-8-13)27(2)24/h3-12H,1-2H3,(H,22,23)/t27-/m0/s1. The Morgan fingerprint density at radius 1 is 1.00 bits per heavy atom. The number of carbonyl (C=O) groups is 1. The molecule has 0 spiro atoms. The molecule has 1 aromatic heterocycles. The van der Waals surface area contributed by atoms with Crippen LogP contribution in [-0.2, 0) is 10.8 Å². The Kier molecular flexibility index (Phi) is 4.41. The largest absolute Gasteiger partial charge is 0.495 e. The second-order valence-electron chi connectivity index (χ2n) is 6.08. The molecule has 3 aromatic carbocycles. The summed E-state index contributed by atoms with van der Waals surface area (Å²) in [4.78, 5) is 13.3. The Bertz CT molecular complexity index is 1180. The molecule has 0 radical (unpaired) electrons. The van der Waals surface area contributed by atoms with Crippen molar-refractivity contribution in [1.29, 1.82) is 0 Å². The first-order chi connectivity index (χ1) is 13.1. The van der Waals surface area contributed by atoms with Crippen molar-refractivity contribution in [2.24, 2.45) is 0 Å². The van der Waals surface area contributed by atoms with Gasteiger partial charge >= 0.3 is 0 Å². The minimum Gasteiger partial charge on any atom is -0.495 e. The molecule has 0 aliphatic rings. The fourth-order valence-corrected chi connectivity index (χ4v) is 3.53. The lowest BCUT2D eigenvalue weighted by Gasteiger charge is -2.10. The first-order valence-electron chi connectivity index (χ1n) is 8.31. The number of furan rings is 1. The van der Waals surface area contributed by atoms with Gasteiger partial charge in [-0.2, -0.15) is 0 Å². The number of carbonyl (C=O) groups excluding carboxylic acids is 1. The monoisotopic (exact) mass is 379 g/mol. The fourth-order valence-electron chi connectivity index (χ4n) is 3.01. The normalized spacial score (nSPS) is 12.2. The number of anilines is 1. The smallest absolute Gasteiger partial charge is 0.255 e. The van der Waals surface area contributed by atoms with Crippen LogP contribution < -0.4 is 10.1 Å². The van der Waals surface area contributed by atoms with E-state index in [1.165, 1.54) is 0 Å². The predicted octanol–water partition coefficient (Wildman–Crippen LogP) is 4.58. The van der Waals surface area contributed by atoms with Crippen LogP contribution in [0, 0.1) is 0 Å². The number of nitrogens with one attached hydrogen (secondary N) is 1. The van der Waals surface area contributed by atoms with Gasteiger partial charge in [-0.3, -0.25) is 9.00 Å². The zero-order valence-corrected chi connectivity index (χ0v) is 15.6. The van der Waals surface area contributed by atoms with Gasteiger partial charge in [0.25, 0.3) is 5.91 Å². The Hall–Kier alpha value is -3.12. The third kappa shape index (κ3) is 3.19. The summed E-state index contributed by atoms with van der Waals surface area (Å²) in [5.41, 5.74) is 2.44. The third-order valence-corrected chi connectivity index (χ3v) is 5.33. The molecule has 1 atom stereocenters. The fraction of sp³-hybridized carbons (Fsp3) is 0.0952. The second kappa shape index (κ2) is 6.89. The molecule has 4 aromatic rings. The van der Waals surface area contributed by atoms with Crippen molar-refractivity contribution in [2.45, 2.75) is 4.90 Å². The SMILES string of the molecule is COc1cc2c(cc1NC(=O)c1ccc([S@](C)=O)cc1)oc1ccccc12. The molecule has 136 valence electrons. The first kappa shape index (κ1) is 17.3. The minimum absolute atomic E-state index is 0.280. The maximum absolute atomic E-state index is 12.6. The first-order valence-corrected chi connectivity index (χ1v) is 9.87. The molecule has 0 saturated heterocycles. The molecule has 0 unspecified atom stereocenters. The molecule has 1 heterocycles. The van der Waals surface area contributed by atoms with Gasteiger partial charge in [-0.1, -0.05) is 18.2 Å². The minimum atomic E-state index is -1.08. The molecular weight excluding hydrogens is 362 g/mol. The lowest BCUT2D eigenvalue weighted by atomic mass is 10.1. The van der Waals surface area contributed by atoms with Crippen LogP contribution in [0.5, 0.6) is 5.75 Å². The number of amides is 1. The van der Waals surface area contributed by atoms with E-state index >= 15 is 0 Å². The lowest BCUT2D eigenvalue weighted by molar-refractivity contribution is 0.102. The van der Waals surface area contributed by atoms with E-state index in [-0.39, 0.29) is 5.91 Å². The molecule has 27 heavy (non-hydrogen) atoms. The van der Waals surface area contributed by atoms with Gasteiger partial charge in [0.15, 0.2) is 0 Å². The topological polar surface area (TPSA) is 68.5 Å². The molecule has 1 amide bonds. The number of benzene rings is 3. The number of hydrogen-bond acceptors (Lipinski definition) is 4. The van der Waals surface area contributed by atoms with Gasteiger partial charge < -0.3 is 14.5 Å². The number of hydrogen-bond donors (Lipinski definition) is 1. The Morgan fingerprint density at radius 3 is 2.44 bits per heavy atom. The molecular formula is C21H17NO4S. The zero-order chi connectivity index (χ0) is 19.0. The highest BCUT2D eigenvalue weighted by molar-refractivity contribution is 7.84. The van der Waals surface area contributed by atoms with Crippen molar-refractivity contribution in [1.82, 2.24) is 0 Å². The number of methoxy groups -OCH3 is 1. The van der Waals surface area contributed by atoms with Crippen LogP contribution in [0.3, 0.4) is 0 Å². The molecule has 0 aliphatic carbocycles. The number of fused-ring (bicyclic) bond motifs is 3. The van der Waals surface area contributed by atoms with Gasteiger partial charge in [0.1, 0.15) is 16.9 Å². The summed E-state index contributed by atoms with van der Waals surface area (Å²) in [6.07, 6.45) is 1.60. The summed E-state index contributed by atoms with van der Waals surface area (Å²) in [6.45, 7) is 0. The van der Waals surface area contributed by atoms with Crippen LogP contribution in [0.2, 0.25) is 0 Å². The highest BCUT2D eigenvalue weighted by Gasteiger charge is 2.15. The Balaban J connectivity index is 1.71. The average Bonchev–Trinajstić information content (AvgIpc) is 3.04. The maximum atomic E-state index is 12.6. The number of para-hydroxylation sites is 1. The molecule has 0 aliphatic heterocycles. The second-order valence-corrected chi connectivity index (χ2v) is 7.46. The molecule has 5 nitrogen and oxygen atoms in total. The predicted molar refractivity (Wildman–Crippen MR) is 107 cm³/mol. The van der Waals surface area contributed by atoms with E-state index in [1.54, 1.807) is 43.7 Å². The summed E-state index contributed by atoms with van der Waals surface area (Å²) in [7, 11) is 0.479. The lowest BCUT2D eigenvalue weighted by Crippen LogP contribution is -2.12. The molecule has 1 N–H and O–H groups in total. The van der Waals surface area contributed by atoms with Gasteiger partial charge in [0.05, 0.1) is 12.8 Å². The Labute approximate surface area is 158 Å². The van der Waals surface area contributed by atoms with Gasteiger partial charge in [-0.25, -0.2) is 0 Å². The number of rotatable bonds is 4. The number of ether oxygens (including phenoxy) is 1. The van der Waals surface area contributed by atoms with Gasteiger partial charge in [0, 0.05) is 44.4 Å². The quantitative estimate of drug-likeness (QED) is 0.563. The molecule has 4 rings (SSSR count). The van der Waals surface area contributed by atoms with E-state index in [0.29, 0.717) is 27.5 Å². The van der Waals surface area contributed by atoms with E-state index < -0.39 is 10.8 Å². The molecule has 0 saturated carbocycles. The van der Waals surface area contributed by atoms with E-state index in [4.69, 9.17) is 9.15 Å². The van der Waals surface area contributed by atoms with Crippen molar-refractivity contribution < 1.29 is 18.2 Å². The highest BCUT2D eigenvalue weighted by Crippen LogP contribution is 2.36. The summed E-state index contributed by atoms with van der Waals surface area (Å²) in [5.74, 6) is 0.269. The van der Waals surface area contributed by atoms with E-state index in [9.17, 15) is 9.00 Å². The van der Waals surface area contributed by atoms with Crippen LogP contribution in [0.25, 0.3) is 21.9 Å².